The van der Waals surface area contributed by atoms with Crippen LogP contribution in [0.25, 0.3) is 0 Å². The van der Waals surface area contributed by atoms with Crippen molar-refractivity contribution >= 4 is 27.3 Å². The summed E-state index contributed by atoms with van der Waals surface area (Å²) in [5, 5.41) is 2.96. The lowest BCUT2D eigenvalue weighted by Crippen LogP contribution is -2.18. The van der Waals surface area contributed by atoms with Crippen molar-refractivity contribution < 1.29 is 13.2 Å². The van der Waals surface area contributed by atoms with E-state index in [0.29, 0.717) is 16.8 Å². The van der Waals surface area contributed by atoms with Crippen molar-refractivity contribution in [2.45, 2.75) is 38.5 Å². The number of rotatable bonds is 6. The first-order valence-electron chi connectivity index (χ1n) is 9.78. The number of sulfonamides is 1. The summed E-state index contributed by atoms with van der Waals surface area (Å²) in [5.41, 5.74) is 4.12. The van der Waals surface area contributed by atoms with Gasteiger partial charge in [-0.15, -0.1) is 0 Å². The van der Waals surface area contributed by atoms with E-state index in [1.807, 2.05) is 31.2 Å². The molecule has 156 valence electrons. The van der Waals surface area contributed by atoms with Crippen LogP contribution in [0.1, 0.15) is 46.8 Å². The number of para-hydroxylation sites is 1. The summed E-state index contributed by atoms with van der Waals surface area (Å²) in [5.74, 6) is -0.0211. The van der Waals surface area contributed by atoms with E-state index in [4.69, 9.17) is 0 Å². The molecule has 0 saturated heterocycles. The molecule has 30 heavy (non-hydrogen) atoms. The van der Waals surface area contributed by atoms with Gasteiger partial charge >= 0.3 is 0 Å². The smallest absolute Gasteiger partial charge is 0.261 e. The van der Waals surface area contributed by atoms with Crippen molar-refractivity contribution in [1.82, 2.24) is 0 Å². The maximum atomic E-state index is 12.9. The van der Waals surface area contributed by atoms with E-state index in [9.17, 15) is 13.2 Å². The second-order valence-corrected chi connectivity index (χ2v) is 9.28. The summed E-state index contributed by atoms with van der Waals surface area (Å²) in [7, 11) is -3.75. The van der Waals surface area contributed by atoms with E-state index in [2.05, 4.69) is 23.9 Å². The zero-order valence-corrected chi connectivity index (χ0v) is 18.4. The quantitative estimate of drug-likeness (QED) is 0.552. The molecule has 0 fully saturated rings. The van der Waals surface area contributed by atoms with E-state index in [1.165, 1.54) is 0 Å². The van der Waals surface area contributed by atoms with Crippen molar-refractivity contribution in [1.29, 1.82) is 0 Å². The van der Waals surface area contributed by atoms with E-state index in [0.717, 1.165) is 16.8 Å². The summed E-state index contributed by atoms with van der Waals surface area (Å²) < 4.78 is 28.1. The Morgan fingerprint density at radius 2 is 1.47 bits per heavy atom. The molecule has 0 aromatic heterocycles. The van der Waals surface area contributed by atoms with Crippen LogP contribution in [0.4, 0.5) is 11.4 Å². The van der Waals surface area contributed by atoms with Crippen molar-refractivity contribution in [2.75, 3.05) is 10.0 Å². The highest BCUT2D eigenvalue weighted by molar-refractivity contribution is 7.92. The Morgan fingerprint density at radius 3 is 2.13 bits per heavy atom. The normalized spacial score (nSPS) is 11.4. The van der Waals surface area contributed by atoms with Crippen LogP contribution in [0.5, 0.6) is 0 Å². The molecule has 3 rings (SSSR count). The Bertz CT molecular complexity index is 1170. The zero-order chi connectivity index (χ0) is 21.9. The van der Waals surface area contributed by atoms with Crippen molar-refractivity contribution in [3.05, 3.63) is 89.0 Å². The molecule has 2 N–H and O–H groups in total. The molecule has 3 aromatic rings. The molecule has 0 saturated carbocycles. The Labute approximate surface area is 178 Å². The summed E-state index contributed by atoms with van der Waals surface area (Å²) in [4.78, 5) is 13.1. The van der Waals surface area contributed by atoms with Gasteiger partial charge in [-0.05, 0) is 61.2 Å². The summed E-state index contributed by atoms with van der Waals surface area (Å²) >= 11 is 0. The standard InChI is InChI=1S/C24H26N2O3S/c1-16(2)20-8-5-6-10-23(20)25-24(27)21-9-7-11-22(18(21)4)26-30(28,29)19-14-12-17(3)13-15-19/h5-16,26H,1-4H3,(H,25,27). The molecule has 0 bridgehead atoms. The summed E-state index contributed by atoms with van der Waals surface area (Å²) in [6.07, 6.45) is 0. The van der Waals surface area contributed by atoms with Crippen LogP contribution in [-0.4, -0.2) is 14.3 Å². The number of hydrogen-bond acceptors (Lipinski definition) is 3. The Kier molecular flexibility index (Phi) is 6.27. The molecular weight excluding hydrogens is 396 g/mol. The highest BCUT2D eigenvalue weighted by atomic mass is 32.2. The fourth-order valence-corrected chi connectivity index (χ4v) is 4.34. The lowest BCUT2D eigenvalue weighted by Gasteiger charge is -2.16. The monoisotopic (exact) mass is 422 g/mol. The number of benzene rings is 3. The number of anilines is 2. The van der Waals surface area contributed by atoms with Gasteiger partial charge in [-0.25, -0.2) is 8.42 Å². The first-order chi connectivity index (χ1) is 14.2. The van der Waals surface area contributed by atoms with Crippen LogP contribution in [0, 0.1) is 13.8 Å². The predicted molar refractivity (Wildman–Crippen MR) is 122 cm³/mol. The van der Waals surface area contributed by atoms with Crippen LogP contribution in [0.2, 0.25) is 0 Å². The van der Waals surface area contributed by atoms with Crippen LogP contribution in [0.15, 0.2) is 71.6 Å². The molecule has 0 atom stereocenters. The van der Waals surface area contributed by atoms with Gasteiger partial charge in [0.1, 0.15) is 0 Å². The Balaban J connectivity index is 1.88. The summed E-state index contributed by atoms with van der Waals surface area (Å²) in [6, 6.07) is 19.3. The highest BCUT2D eigenvalue weighted by Crippen LogP contribution is 2.26. The van der Waals surface area contributed by atoms with Gasteiger partial charge in [0.25, 0.3) is 15.9 Å². The van der Waals surface area contributed by atoms with Gasteiger partial charge < -0.3 is 5.32 Å². The number of nitrogens with one attached hydrogen (secondary N) is 2. The molecule has 0 spiro atoms. The average Bonchev–Trinajstić information content (AvgIpc) is 2.70. The van der Waals surface area contributed by atoms with Crippen LogP contribution in [-0.2, 0) is 10.0 Å². The van der Waals surface area contributed by atoms with E-state index in [-0.39, 0.29) is 16.7 Å². The molecule has 1 amide bonds. The SMILES string of the molecule is Cc1ccc(S(=O)(=O)Nc2cccc(C(=O)Nc3ccccc3C(C)C)c2C)cc1. The molecular formula is C24H26N2O3S. The van der Waals surface area contributed by atoms with Crippen molar-refractivity contribution in [3.8, 4) is 0 Å². The van der Waals surface area contributed by atoms with Gasteiger partial charge in [0.05, 0.1) is 10.6 Å². The minimum atomic E-state index is -3.75. The molecule has 0 aliphatic heterocycles. The Hall–Kier alpha value is -3.12. The number of carbonyl (C=O) groups is 1. The lowest BCUT2D eigenvalue weighted by atomic mass is 10.0. The second-order valence-electron chi connectivity index (χ2n) is 7.59. The maximum absolute atomic E-state index is 12.9. The fraction of sp³-hybridized carbons (Fsp3) is 0.208. The topological polar surface area (TPSA) is 75.3 Å². The highest BCUT2D eigenvalue weighted by Gasteiger charge is 2.19. The minimum absolute atomic E-state index is 0.174. The van der Waals surface area contributed by atoms with E-state index < -0.39 is 10.0 Å². The third-order valence-electron chi connectivity index (χ3n) is 4.99. The van der Waals surface area contributed by atoms with Gasteiger partial charge in [-0.1, -0.05) is 55.8 Å². The second kappa shape index (κ2) is 8.71. The van der Waals surface area contributed by atoms with Crippen LogP contribution in [0.3, 0.4) is 0 Å². The van der Waals surface area contributed by atoms with E-state index >= 15 is 0 Å². The first-order valence-corrected chi connectivity index (χ1v) is 11.3. The molecule has 0 aliphatic carbocycles. The Morgan fingerprint density at radius 1 is 0.833 bits per heavy atom. The van der Waals surface area contributed by atoms with Gasteiger partial charge in [0.15, 0.2) is 0 Å². The number of carbonyl (C=O) groups excluding carboxylic acids is 1. The first kappa shape index (κ1) is 21.6. The fourth-order valence-electron chi connectivity index (χ4n) is 3.22. The van der Waals surface area contributed by atoms with Crippen molar-refractivity contribution in [3.63, 3.8) is 0 Å². The molecule has 0 heterocycles. The van der Waals surface area contributed by atoms with Gasteiger partial charge in [-0.3, -0.25) is 9.52 Å². The minimum Gasteiger partial charge on any atom is -0.322 e. The molecule has 3 aromatic carbocycles. The van der Waals surface area contributed by atoms with Gasteiger partial charge in [-0.2, -0.15) is 0 Å². The van der Waals surface area contributed by atoms with Gasteiger partial charge in [0.2, 0.25) is 0 Å². The predicted octanol–water partition coefficient (Wildman–Crippen LogP) is 5.48. The third kappa shape index (κ3) is 4.71. The van der Waals surface area contributed by atoms with E-state index in [1.54, 1.807) is 49.4 Å². The van der Waals surface area contributed by atoms with Gasteiger partial charge in [0, 0.05) is 11.3 Å². The van der Waals surface area contributed by atoms with Crippen LogP contribution >= 0.6 is 0 Å². The third-order valence-corrected chi connectivity index (χ3v) is 6.37. The van der Waals surface area contributed by atoms with Crippen LogP contribution < -0.4 is 10.0 Å². The maximum Gasteiger partial charge on any atom is 0.261 e. The zero-order valence-electron chi connectivity index (χ0n) is 17.6. The molecule has 0 unspecified atom stereocenters. The molecule has 0 aliphatic rings. The number of aryl methyl sites for hydroxylation is 1. The average molecular weight is 423 g/mol. The molecule has 6 heteroatoms. The molecule has 5 nitrogen and oxygen atoms in total. The number of hydrogen-bond donors (Lipinski definition) is 2. The van der Waals surface area contributed by atoms with Crippen molar-refractivity contribution in [2.24, 2.45) is 0 Å². The molecule has 0 radical (unpaired) electrons. The lowest BCUT2D eigenvalue weighted by molar-refractivity contribution is 0.102. The number of amides is 1. The largest absolute Gasteiger partial charge is 0.322 e. The summed E-state index contributed by atoms with van der Waals surface area (Å²) in [6.45, 7) is 7.76.